The number of benzene rings is 1. The SMILES string of the molecule is CC(C)(C)OC[C@H](NC(=O)[C@H](N)c1ccccc1)C(=O)OC(C)(C)C. The quantitative estimate of drug-likeness (QED) is 0.769. The molecule has 1 amide bonds. The zero-order valence-electron chi connectivity index (χ0n) is 16.0. The van der Waals surface area contributed by atoms with E-state index in [2.05, 4.69) is 5.32 Å². The summed E-state index contributed by atoms with van der Waals surface area (Å²) in [4.78, 5) is 24.9. The molecule has 0 fully saturated rings. The minimum atomic E-state index is -0.930. The van der Waals surface area contributed by atoms with E-state index in [1.165, 1.54) is 0 Å². The summed E-state index contributed by atoms with van der Waals surface area (Å²) in [5.41, 5.74) is 5.54. The average Bonchev–Trinajstić information content (AvgIpc) is 2.48. The molecule has 0 saturated heterocycles. The molecular weight excluding hydrogens is 320 g/mol. The second kappa shape index (κ2) is 8.45. The van der Waals surface area contributed by atoms with Crippen molar-refractivity contribution in [1.82, 2.24) is 5.32 Å². The molecule has 1 aromatic rings. The van der Waals surface area contributed by atoms with E-state index in [1.54, 1.807) is 45.0 Å². The molecule has 2 atom stereocenters. The molecule has 6 heteroatoms. The van der Waals surface area contributed by atoms with Crippen LogP contribution in [-0.4, -0.2) is 35.7 Å². The van der Waals surface area contributed by atoms with Crippen LogP contribution in [0.5, 0.6) is 0 Å². The number of hydrogen-bond donors (Lipinski definition) is 2. The number of rotatable bonds is 6. The van der Waals surface area contributed by atoms with Gasteiger partial charge in [-0.05, 0) is 47.1 Å². The number of hydrogen-bond acceptors (Lipinski definition) is 5. The van der Waals surface area contributed by atoms with E-state index < -0.39 is 35.2 Å². The summed E-state index contributed by atoms with van der Waals surface area (Å²) in [7, 11) is 0. The highest BCUT2D eigenvalue weighted by molar-refractivity contribution is 5.88. The Bertz CT molecular complexity index is 573. The van der Waals surface area contributed by atoms with E-state index >= 15 is 0 Å². The number of nitrogens with one attached hydrogen (secondary N) is 1. The summed E-state index contributed by atoms with van der Waals surface area (Å²) < 4.78 is 11.0. The number of ether oxygens (including phenoxy) is 2. The lowest BCUT2D eigenvalue weighted by Crippen LogP contribution is -2.50. The van der Waals surface area contributed by atoms with Crippen molar-refractivity contribution < 1.29 is 19.1 Å². The maximum Gasteiger partial charge on any atom is 0.331 e. The molecular formula is C19H30N2O4. The smallest absolute Gasteiger partial charge is 0.331 e. The van der Waals surface area contributed by atoms with Gasteiger partial charge in [0.15, 0.2) is 6.04 Å². The molecule has 0 aromatic heterocycles. The molecule has 3 N–H and O–H groups in total. The van der Waals surface area contributed by atoms with Gasteiger partial charge >= 0.3 is 5.97 Å². The van der Waals surface area contributed by atoms with Gasteiger partial charge in [-0.1, -0.05) is 30.3 Å². The monoisotopic (exact) mass is 350 g/mol. The van der Waals surface area contributed by atoms with E-state index in [-0.39, 0.29) is 6.61 Å². The van der Waals surface area contributed by atoms with E-state index in [0.717, 1.165) is 0 Å². The van der Waals surface area contributed by atoms with Crippen LogP contribution in [0.3, 0.4) is 0 Å². The van der Waals surface area contributed by atoms with Gasteiger partial charge in [0.1, 0.15) is 11.6 Å². The van der Waals surface area contributed by atoms with Crippen molar-refractivity contribution in [1.29, 1.82) is 0 Å². The van der Waals surface area contributed by atoms with Crippen LogP contribution in [0, 0.1) is 0 Å². The topological polar surface area (TPSA) is 90.6 Å². The van der Waals surface area contributed by atoms with Crippen molar-refractivity contribution in [3.63, 3.8) is 0 Å². The van der Waals surface area contributed by atoms with Crippen LogP contribution < -0.4 is 11.1 Å². The van der Waals surface area contributed by atoms with Gasteiger partial charge < -0.3 is 20.5 Å². The normalized spacial score (nSPS) is 14.5. The maximum absolute atomic E-state index is 12.4. The molecule has 0 aliphatic heterocycles. The second-order valence-electron chi connectivity index (χ2n) is 7.91. The molecule has 0 heterocycles. The molecule has 0 radical (unpaired) electrons. The minimum absolute atomic E-state index is 0.00562. The van der Waals surface area contributed by atoms with Crippen molar-refractivity contribution in [2.45, 2.75) is 64.8 Å². The van der Waals surface area contributed by atoms with Crippen LogP contribution >= 0.6 is 0 Å². The third kappa shape index (κ3) is 8.14. The molecule has 0 unspecified atom stereocenters. The van der Waals surface area contributed by atoms with Gasteiger partial charge in [0, 0.05) is 0 Å². The largest absolute Gasteiger partial charge is 0.458 e. The fraction of sp³-hybridized carbons (Fsp3) is 0.579. The van der Waals surface area contributed by atoms with Gasteiger partial charge in [0.25, 0.3) is 0 Å². The third-order valence-electron chi connectivity index (χ3n) is 3.13. The molecule has 6 nitrogen and oxygen atoms in total. The number of carbonyl (C=O) groups is 2. The molecule has 25 heavy (non-hydrogen) atoms. The summed E-state index contributed by atoms with van der Waals surface area (Å²) in [5, 5.41) is 2.65. The average molecular weight is 350 g/mol. The number of esters is 1. The molecule has 1 rings (SSSR count). The summed E-state index contributed by atoms with van der Waals surface area (Å²) in [6.45, 7) is 10.9. The maximum atomic E-state index is 12.4. The first-order valence-electron chi connectivity index (χ1n) is 8.37. The fourth-order valence-corrected chi connectivity index (χ4v) is 1.95. The molecule has 0 spiro atoms. The van der Waals surface area contributed by atoms with Crippen molar-refractivity contribution in [2.24, 2.45) is 5.73 Å². The Morgan fingerprint density at radius 3 is 2.08 bits per heavy atom. The molecule has 0 saturated carbocycles. The highest BCUT2D eigenvalue weighted by Gasteiger charge is 2.30. The first kappa shape index (κ1) is 21.1. The standard InChI is InChI=1S/C19H30N2O4/c1-18(2,3)24-12-14(17(23)25-19(4,5)6)21-16(22)15(20)13-10-8-7-9-11-13/h7-11,14-15H,12,20H2,1-6H3,(H,21,22)/t14-,15+/m0/s1. The lowest BCUT2D eigenvalue weighted by molar-refractivity contribution is -0.162. The first-order chi connectivity index (χ1) is 11.4. The summed E-state index contributed by atoms with van der Waals surface area (Å²) in [6.07, 6.45) is 0. The van der Waals surface area contributed by atoms with Crippen LogP contribution in [0.4, 0.5) is 0 Å². The van der Waals surface area contributed by atoms with Crippen molar-refractivity contribution in [2.75, 3.05) is 6.61 Å². The Morgan fingerprint density at radius 1 is 1.04 bits per heavy atom. The number of carbonyl (C=O) groups excluding carboxylic acids is 2. The summed E-state index contributed by atoms with van der Waals surface area (Å²) in [5.74, 6) is -1.01. The van der Waals surface area contributed by atoms with Gasteiger partial charge in [-0.2, -0.15) is 0 Å². The van der Waals surface area contributed by atoms with Crippen molar-refractivity contribution in [3.8, 4) is 0 Å². The van der Waals surface area contributed by atoms with Gasteiger partial charge in [-0.3, -0.25) is 4.79 Å². The highest BCUT2D eigenvalue weighted by Crippen LogP contribution is 2.14. The fourth-order valence-electron chi connectivity index (χ4n) is 1.95. The number of nitrogens with two attached hydrogens (primary N) is 1. The highest BCUT2D eigenvalue weighted by atomic mass is 16.6. The minimum Gasteiger partial charge on any atom is -0.458 e. The van der Waals surface area contributed by atoms with E-state index in [4.69, 9.17) is 15.2 Å². The van der Waals surface area contributed by atoms with Crippen molar-refractivity contribution in [3.05, 3.63) is 35.9 Å². The van der Waals surface area contributed by atoms with Crippen LogP contribution in [0.2, 0.25) is 0 Å². The zero-order valence-corrected chi connectivity index (χ0v) is 16.0. The predicted molar refractivity (Wildman–Crippen MR) is 96.9 cm³/mol. The van der Waals surface area contributed by atoms with Gasteiger partial charge in [-0.15, -0.1) is 0 Å². The Balaban J connectivity index is 2.84. The number of amides is 1. The third-order valence-corrected chi connectivity index (χ3v) is 3.13. The summed E-state index contributed by atoms with van der Waals surface area (Å²) >= 11 is 0. The lowest BCUT2D eigenvalue weighted by atomic mass is 10.1. The zero-order chi connectivity index (χ0) is 19.3. The van der Waals surface area contributed by atoms with Gasteiger partial charge in [0.2, 0.25) is 5.91 Å². The van der Waals surface area contributed by atoms with E-state index in [9.17, 15) is 9.59 Å². The summed E-state index contributed by atoms with van der Waals surface area (Å²) in [6, 6.07) is 7.17. The van der Waals surface area contributed by atoms with E-state index in [1.807, 2.05) is 26.8 Å². The van der Waals surface area contributed by atoms with Crippen LogP contribution in [0.1, 0.15) is 53.1 Å². The Kier molecular flexibility index (Phi) is 7.14. The Labute approximate surface area is 150 Å². The van der Waals surface area contributed by atoms with Gasteiger partial charge in [-0.25, -0.2) is 4.79 Å². The van der Waals surface area contributed by atoms with Crippen LogP contribution in [0.25, 0.3) is 0 Å². The lowest BCUT2D eigenvalue weighted by Gasteiger charge is -2.28. The van der Waals surface area contributed by atoms with E-state index in [0.29, 0.717) is 5.56 Å². The van der Waals surface area contributed by atoms with Crippen LogP contribution in [0.15, 0.2) is 30.3 Å². The molecule has 0 aliphatic carbocycles. The first-order valence-corrected chi connectivity index (χ1v) is 8.37. The molecule has 0 aliphatic rings. The molecule has 0 bridgehead atoms. The Hall–Kier alpha value is -1.92. The van der Waals surface area contributed by atoms with Gasteiger partial charge in [0.05, 0.1) is 12.2 Å². The molecule has 1 aromatic carbocycles. The Morgan fingerprint density at radius 2 is 1.60 bits per heavy atom. The second-order valence-corrected chi connectivity index (χ2v) is 7.91. The van der Waals surface area contributed by atoms with Crippen molar-refractivity contribution >= 4 is 11.9 Å². The predicted octanol–water partition coefficient (Wildman–Crippen LogP) is 2.33. The van der Waals surface area contributed by atoms with Crippen LogP contribution in [-0.2, 0) is 19.1 Å². The molecule has 140 valence electrons.